The van der Waals surface area contributed by atoms with Gasteiger partial charge in [0.2, 0.25) is 0 Å². The fraction of sp³-hybridized carbons (Fsp3) is 0.350. The van der Waals surface area contributed by atoms with Gasteiger partial charge in [-0.05, 0) is 25.0 Å². The molecular weight excluding hydrogens is 403 g/mol. The van der Waals surface area contributed by atoms with Crippen molar-refractivity contribution in [3.63, 3.8) is 0 Å². The van der Waals surface area contributed by atoms with Crippen LogP contribution in [-0.2, 0) is 25.0 Å². The van der Waals surface area contributed by atoms with E-state index in [1.807, 2.05) is 0 Å². The van der Waals surface area contributed by atoms with Crippen molar-refractivity contribution < 1.29 is 31.9 Å². The molecule has 9 heteroatoms. The van der Waals surface area contributed by atoms with E-state index in [0.29, 0.717) is 5.56 Å². The van der Waals surface area contributed by atoms with Crippen LogP contribution in [0.5, 0.6) is 0 Å². The molecule has 0 aromatic heterocycles. The summed E-state index contributed by atoms with van der Waals surface area (Å²) in [7, 11) is -4.88. The Morgan fingerprint density at radius 1 is 1.00 bits per heavy atom. The molecule has 0 aliphatic rings. The van der Waals surface area contributed by atoms with Crippen LogP contribution in [0.3, 0.4) is 0 Å². The Morgan fingerprint density at radius 3 is 2.03 bits per heavy atom. The number of rotatable bonds is 10. The van der Waals surface area contributed by atoms with Crippen molar-refractivity contribution in [2.45, 2.75) is 32.2 Å². The fourth-order valence-corrected chi connectivity index (χ4v) is 4.23. The quantitative estimate of drug-likeness (QED) is 0.506. The van der Waals surface area contributed by atoms with Crippen LogP contribution in [0.15, 0.2) is 60.7 Å². The normalized spacial score (nSPS) is 13.0. The van der Waals surface area contributed by atoms with Gasteiger partial charge in [0.05, 0.1) is 13.2 Å². The highest BCUT2D eigenvalue weighted by molar-refractivity contribution is 7.55. The van der Waals surface area contributed by atoms with Crippen molar-refractivity contribution in [1.82, 2.24) is 5.32 Å². The molecule has 0 saturated carbocycles. The number of hydrogen-bond donors (Lipinski definition) is 1. The highest BCUT2D eigenvalue weighted by Crippen LogP contribution is 2.66. The average molecular weight is 427 g/mol. The van der Waals surface area contributed by atoms with Gasteiger partial charge in [0.25, 0.3) is 0 Å². The Morgan fingerprint density at radius 2 is 1.52 bits per heavy atom. The lowest BCUT2D eigenvalue weighted by atomic mass is 10.1. The van der Waals surface area contributed by atoms with Crippen molar-refractivity contribution in [3.05, 3.63) is 71.8 Å². The first-order chi connectivity index (χ1) is 13.8. The van der Waals surface area contributed by atoms with Gasteiger partial charge in [-0.1, -0.05) is 60.7 Å². The zero-order valence-corrected chi connectivity index (χ0v) is 17.1. The molecule has 158 valence electrons. The SMILES string of the molecule is CCOP(=O)(OCC)C(F)(F)[C@H](NC(=O)OCc1ccccc1)c1ccccc1. The van der Waals surface area contributed by atoms with Crippen LogP contribution in [0.4, 0.5) is 13.6 Å². The lowest BCUT2D eigenvalue weighted by molar-refractivity contribution is 0.00347. The maximum absolute atomic E-state index is 15.3. The molecule has 29 heavy (non-hydrogen) atoms. The summed E-state index contributed by atoms with van der Waals surface area (Å²) < 4.78 is 58.2. The van der Waals surface area contributed by atoms with Crippen LogP contribution in [0.1, 0.15) is 31.0 Å². The van der Waals surface area contributed by atoms with E-state index >= 15 is 8.78 Å². The number of hydrogen-bond acceptors (Lipinski definition) is 5. The van der Waals surface area contributed by atoms with Crippen LogP contribution in [0, 0.1) is 0 Å². The standard InChI is InChI=1S/C20H24F2NO5P/c1-3-27-29(25,28-4-2)20(21,22)18(17-13-9-6-10-14-17)23-19(24)26-15-16-11-7-5-8-12-16/h5-14,18H,3-4,15H2,1-2H3,(H,23,24)/t18-/m1/s1. The van der Waals surface area contributed by atoms with Gasteiger partial charge in [-0.25, -0.2) is 4.79 Å². The first kappa shape index (κ1) is 23.0. The maximum Gasteiger partial charge on any atom is 0.408 e. The molecule has 0 aliphatic heterocycles. The molecule has 2 aromatic carbocycles. The third-order valence-electron chi connectivity index (χ3n) is 3.92. The summed E-state index contributed by atoms with van der Waals surface area (Å²) in [4.78, 5) is 12.3. The average Bonchev–Trinajstić information content (AvgIpc) is 2.72. The van der Waals surface area contributed by atoms with Gasteiger partial charge in [0.1, 0.15) is 12.6 Å². The molecule has 0 radical (unpaired) electrons. The minimum atomic E-state index is -4.88. The number of carbonyl (C=O) groups is 1. The molecule has 0 fully saturated rings. The molecule has 0 spiro atoms. The zero-order valence-electron chi connectivity index (χ0n) is 16.2. The summed E-state index contributed by atoms with van der Waals surface area (Å²) in [6.45, 7) is 2.27. The summed E-state index contributed by atoms with van der Waals surface area (Å²) >= 11 is 0. The second-order valence-corrected chi connectivity index (χ2v) is 8.08. The van der Waals surface area contributed by atoms with E-state index in [0.717, 1.165) is 0 Å². The first-order valence-electron chi connectivity index (χ1n) is 9.13. The summed E-state index contributed by atoms with van der Waals surface area (Å²) in [6.07, 6.45) is -1.08. The lowest BCUT2D eigenvalue weighted by Crippen LogP contribution is -2.41. The third-order valence-corrected chi connectivity index (χ3v) is 6.10. The summed E-state index contributed by atoms with van der Waals surface area (Å²) in [5.41, 5.74) is -3.31. The summed E-state index contributed by atoms with van der Waals surface area (Å²) in [5, 5.41) is 2.12. The number of alkyl halides is 2. The maximum atomic E-state index is 15.3. The van der Waals surface area contributed by atoms with Crippen molar-refractivity contribution in [3.8, 4) is 0 Å². The van der Waals surface area contributed by atoms with Crippen LogP contribution in [-0.4, -0.2) is 25.0 Å². The van der Waals surface area contributed by atoms with Gasteiger partial charge < -0.3 is 19.1 Å². The van der Waals surface area contributed by atoms with E-state index in [1.165, 1.54) is 38.1 Å². The van der Waals surface area contributed by atoms with E-state index in [4.69, 9.17) is 13.8 Å². The largest absolute Gasteiger partial charge is 0.445 e. The van der Waals surface area contributed by atoms with Crippen molar-refractivity contribution in [1.29, 1.82) is 0 Å². The summed E-state index contributed by atoms with van der Waals surface area (Å²) in [6, 6.07) is 14.3. The van der Waals surface area contributed by atoms with Crippen LogP contribution >= 0.6 is 7.60 Å². The molecule has 1 N–H and O–H groups in total. The highest BCUT2D eigenvalue weighted by Gasteiger charge is 2.60. The Balaban J connectivity index is 2.27. The minimum absolute atomic E-state index is 0.0359. The topological polar surface area (TPSA) is 73.9 Å². The van der Waals surface area contributed by atoms with E-state index in [9.17, 15) is 9.36 Å². The molecule has 1 atom stereocenters. The van der Waals surface area contributed by atoms with Crippen molar-refractivity contribution in [2.24, 2.45) is 0 Å². The van der Waals surface area contributed by atoms with Crippen LogP contribution in [0.25, 0.3) is 0 Å². The van der Waals surface area contributed by atoms with E-state index < -0.39 is 25.4 Å². The second kappa shape index (κ2) is 10.5. The Bertz CT molecular complexity index is 810. The van der Waals surface area contributed by atoms with Crippen LogP contribution < -0.4 is 5.32 Å². The molecule has 2 aromatic rings. The van der Waals surface area contributed by atoms with Crippen LogP contribution in [0.2, 0.25) is 0 Å². The van der Waals surface area contributed by atoms with Gasteiger partial charge in [-0.3, -0.25) is 4.57 Å². The van der Waals surface area contributed by atoms with Gasteiger partial charge in [-0.15, -0.1) is 0 Å². The smallest absolute Gasteiger partial charge is 0.408 e. The predicted molar refractivity (Wildman–Crippen MR) is 105 cm³/mol. The number of carbonyl (C=O) groups excluding carboxylic acids is 1. The lowest BCUT2D eigenvalue weighted by Gasteiger charge is -2.32. The number of alkyl carbamates (subject to hydrolysis) is 1. The number of amides is 1. The Hall–Kier alpha value is -2.28. The molecule has 0 unspecified atom stereocenters. The van der Waals surface area contributed by atoms with E-state index in [2.05, 4.69) is 5.32 Å². The molecule has 1 amide bonds. The molecular formula is C20H24F2NO5P. The minimum Gasteiger partial charge on any atom is -0.445 e. The monoisotopic (exact) mass is 427 g/mol. The van der Waals surface area contributed by atoms with E-state index in [-0.39, 0.29) is 25.4 Å². The summed E-state index contributed by atoms with van der Waals surface area (Å²) in [5.74, 6) is 0. The number of halogens is 2. The predicted octanol–water partition coefficient (Wildman–Crippen LogP) is 5.51. The first-order valence-corrected chi connectivity index (χ1v) is 10.7. The highest BCUT2D eigenvalue weighted by atomic mass is 31.2. The van der Waals surface area contributed by atoms with Gasteiger partial charge in [0, 0.05) is 0 Å². The molecule has 0 heterocycles. The van der Waals surface area contributed by atoms with Crippen molar-refractivity contribution in [2.75, 3.05) is 13.2 Å². The second-order valence-electron chi connectivity index (χ2n) is 5.97. The van der Waals surface area contributed by atoms with Gasteiger partial charge in [0.15, 0.2) is 0 Å². The Labute approximate surface area is 168 Å². The van der Waals surface area contributed by atoms with Crippen molar-refractivity contribution >= 4 is 13.7 Å². The molecule has 0 saturated heterocycles. The molecule has 0 bridgehead atoms. The van der Waals surface area contributed by atoms with Gasteiger partial charge in [-0.2, -0.15) is 8.78 Å². The molecule has 2 rings (SSSR count). The molecule has 0 aliphatic carbocycles. The molecule has 6 nitrogen and oxygen atoms in total. The fourth-order valence-electron chi connectivity index (χ4n) is 2.61. The van der Waals surface area contributed by atoms with Gasteiger partial charge >= 0.3 is 19.4 Å². The number of nitrogens with one attached hydrogen (secondary N) is 1. The number of ether oxygens (including phenoxy) is 1. The van der Waals surface area contributed by atoms with E-state index in [1.54, 1.807) is 36.4 Å². The Kier molecular flexibility index (Phi) is 8.32. The number of benzene rings is 2. The zero-order chi connectivity index (χ0) is 21.3. The third kappa shape index (κ3) is 5.85.